The highest BCUT2D eigenvalue weighted by Gasteiger charge is 2.18. The normalized spacial score (nSPS) is 11.3. The molecule has 2 N–H and O–H groups in total. The van der Waals surface area contributed by atoms with Crippen LogP contribution in [0, 0.1) is 0 Å². The van der Waals surface area contributed by atoms with E-state index in [0.717, 1.165) is 10.0 Å². The molecule has 0 aliphatic heterocycles. The molecule has 0 aliphatic rings. The van der Waals surface area contributed by atoms with E-state index >= 15 is 0 Å². The van der Waals surface area contributed by atoms with Gasteiger partial charge >= 0.3 is 6.09 Å². The van der Waals surface area contributed by atoms with Crippen LogP contribution in [-0.2, 0) is 11.3 Å². The number of benzene rings is 1. The molecular weight excluding hydrogens is 362 g/mol. The van der Waals surface area contributed by atoms with Crippen LogP contribution in [0.4, 0.5) is 10.6 Å². The molecule has 23 heavy (non-hydrogen) atoms. The zero-order valence-electron chi connectivity index (χ0n) is 13.3. The minimum Gasteiger partial charge on any atom is -0.444 e. The SMILES string of the molecule is CC(C)(C)OC(=O)Nc1cc(-c2ccc(Br)cc2)nn1CCO. The van der Waals surface area contributed by atoms with E-state index in [1.54, 1.807) is 31.5 Å². The lowest BCUT2D eigenvalue weighted by Gasteiger charge is -2.19. The maximum Gasteiger partial charge on any atom is 0.413 e. The molecule has 0 aliphatic carbocycles. The summed E-state index contributed by atoms with van der Waals surface area (Å²) in [7, 11) is 0. The van der Waals surface area contributed by atoms with Gasteiger partial charge in [0.15, 0.2) is 0 Å². The number of aromatic nitrogens is 2. The number of hydrogen-bond donors (Lipinski definition) is 2. The fraction of sp³-hybridized carbons (Fsp3) is 0.375. The van der Waals surface area contributed by atoms with Gasteiger partial charge in [-0.2, -0.15) is 5.10 Å². The summed E-state index contributed by atoms with van der Waals surface area (Å²) < 4.78 is 7.76. The number of ether oxygens (including phenoxy) is 1. The summed E-state index contributed by atoms with van der Waals surface area (Å²) >= 11 is 3.39. The Labute approximate surface area is 143 Å². The topological polar surface area (TPSA) is 76.4 Å². The number of carbonyl (C=O) groups excluding carboxylic acids is 1. The first-order chi connectivity index (χ1) is 10.8. The van der Waals surface area contributed by atoms with Gasteiger partial charge in [-0.3, -0.25) is 5.32 Å². The van der Waals surface area contributed by atoms with Gasteiger partial charge in [-0.05, 0) is 32.9 Å². The lowest BCUT2D eigenvalue weighted by molar-refractivity contribution is 0.0634. The number of hydrogen-bond acceptors (Lipinski definition) is 4. The standard InChI is InChI=1S/C16H20BrN3O3/c1-16(2,3)23-15(22)18-14-10-13(19-20(14)8-9-21)11-4-6-12(17)7-5-11/h4-7,10,21H,8-9H2,1-3H3,(H,18,22). The molecule has 0 saturated carbocycles. The second-order valence-corrected chi connectivity index (χ2v) is 6.91. The van der Waals surface area contributed by atoms with Gasteiger partial charge in [0.25, 0.3) is 0 Å². The Kier molecular flexibility index (Phi) is 5.43. The van der Waals surface area contributed by atoms with E-state index < -0.39 is 11.7 Å². The van der Waals surface area contributed by atoms with Crippen LogP contribution in [0.15, 0.2) is 34.8 Å². The monoisotopic (exact) mass is 381 g/mol. The maximum atomic E-state index is 11.9. The smallest absolute Gasteiger partial charge is 0.413 e. The molecule has 1 amide bonds. The Hall–Kier alpha value is -1.86. The Morgan fingerprint density at radius 1 is 1.35 bits per heavy atom. The first kappa shape index (κ1) is 17.5. The van der Waals surface area contributed by atoms with Crippen molar-refractivity contribution in [3.05, 3.63) is 34.8 Å². The summed E-state index contributed by atoms with van der Waals surface area (Å²) in [5.74, 6) is 0.478. The molecular formula is C16H20BrN3O3. The molecule has 2 rings (SSSR count). The molecule has 0 spiro atoms. The van der Waals surface area contributed by atoms with Gasteiger partial charge in [-0.15, -0.1) is 0 Å². The molecule has 0 radical (unpaired) electrons. The second-order valence-electron chi connectivity index (χ2n) is 6.00. The number of amides is 1. The lowest BCUT2D eigenvalue weighted by Crippen LogP contribution is -2.28. The summed E-state index contributed by atoms with van der Waals surface area (Å²) in [5.41, 5.74) is 1.04. The van der Waals surface area contributed by atoms with Crippen molar-refractivity contribution in [2.24, 2.45) is 0 Å². The van der Waals surface area contributed by atoms with E-state index in [1.807, 2.05) is 24.3 Å². The van der Waals surface area contributed by atoms with Crippen molar-refractivity contribution < 1.29 is 14.6 Å². The van der Waals surface area contributed by atoms with Crippen LogP contribution in [0.3, 0.4) is 0 Å². The first-order valence-corrected chi connectivity index (χ1v) is 8.02. The van der Waals surface area contributed by atoms with Crippen LogP contribution >= 0.6 is 15.9 Å². The third kappa shape index (κ3) is 5.07. The van der Waals surface area contributed by atoms with Gasteiger partial charge in [-0.1, -0.05) is 28.1 Å². The molecule has 1 heterocycles. The number of anilines is 1. The number of aliphatic hydroxyl groups is 1. The molecule has 1 aromatic carbocycles. The first-order valence-electron chi connectivity index (χ1n) is 7.23. The van der Waals surface area contributed by atoms with Crippen molar-refractivity contribution in [2.45, 2.75) is 32.9 Å². The lowest BCUT2D eigenvalue weighted by atomic mass is 10.1. The molecule has 0 fully saturated rings. The third-order valence-corrected chi connectivity index (χ3v) is 3.39. The number of nitrogens with zero attached hydrogens (tertiary/aromatic N) is 2. The number of aliphatic hydroxyl groups excluding tert-OH is 1. The second kappa shape index (κ2) is 7.14. The van der Waals surface area contributed by atoms with Gasteiger partial charge in [0, 0.05) is 16.1 Å². The van der Waals surface area contributed by atoms with E-state index in [4.69, 9.17) is 9.84 Å². The van der Waals surface area contributed by atoms with Crippen LogP contribution in [0.1, 0.15) is 20.8 Å². The molecule has 7 heteroatoms. The molecule has 0 saturated heterocycles. The zero-order chi connectivity index (χ0) is 17.0. The molecule has 6 nitrogen and oxygen atoms in total. The molecule has 0 atom stereocenters. The van der Waals surface area contributed by atoms with Crippen molar-refractivity contribution in [3.63, 3.8) is 0 Å². The Morgan fingerprint density at radius 3 is 2.57 bits per heavy atom. The van der Waals surface area contributed by atoms with Crippen LogP contribution < -0.4 is 5.32 Å². The number of carbonyl (C=O) groups is 1. The van der Waals surface area contributed by atoms with E-state index in [0.29, 0.717) is 11.5 Å². The van der Waals surface area contributed by atoms with Crippen LogP contribution in [-0.4, -0.2) is 33.2 Å². The Morgan fingerprint density at radius 2 is 2.00 bits per heavy atom. The van der Waals surface area contributed by atoms with Crippen LogP contribution in [0.25, 0.3) is 11.3 Å². The van der Waals surface area contributed by atoms with Crippen molar-refractivity contribution in [3.8, 4) is 11.3 Å². The molecule has 0 bridgehead atoms. The number of rotatable bonds is 4. The predicted octanol–water partition coefficient (Wildman–Crippen LogP) is 3.65. The van der Waals surface area contributed by atoms with Crippen molar-refractivity contribution >= 4 is 27.8 Å². The summed E-state index contributed by atoms with van der Waals surface area (Å²) in [4.78, 5) is 11.9. The average molecular weight is 382 g/mol. The van der Waals surface area contributed by atoms with Gasteiger partial charge in [-0.25, -0.2) is 9.48 Å². The van der Waals surface area contributed by atoms with Crippen molar-refractivity contribution in [1.29, 1.82) is 0 Å². The van der Waals surface area contributed by atoms with E-state index in [9.17, 15) is 4.79 Å². The summed E-state index contributed by atoms with van der Waals surface area (Å²) in [6.45, 7) is 5.59. The molecule has 2 aromatic rings. The van der Waals surface area contributed by atoms with Gasteiger partial charge < -0.3 is 9.84 Å². The fourth-order valence-electron chi connectivity index (χ4n) is 1.95. The van der Waals surface area contributed by atoms with Crippen LogP contribution in [0.5, 0.6) is 0 Å². The number of halogens is 1. The molecule has 124 valence electrons. The predicted molar refractivity (Wildman–Crippen MR) is 92.3 cm³/mol. The van der Waals surface area contributed by atoms with E-state index in [2.05, 4.69) is 26.3 Å². The largest absolute Gasteiger partial charge is 0.444 e. The van der Waals surface area contributed by atoms with Gasteiger partial charge in [0.2, 0.25) is 0 Å². The summed E-state index contributed by atoms with van der Waals surface area (Å²) in [6, 6.07) is 9.44. The van der Waals surface area contributed by atoms with Crippen molar-refractivity contribution in [1.82, 2.24) is 9.78 Å². The fourth-order valence-corrected chi connectivity index (χ4v) is 2.22. The number of nitrogens with one attached hydrogen (secondary N) is 1. The van der Waals surface area contributed by atoms with E-state index in [1.165, 1.54) is 0 Å². The zero-order valence-corrected chi connectivity index (χ0v) is 14.9. The van der Waals surface area contributed by atoms with Gasteiger partial charge in [0.05, 0.1) is 18.8 Å². The summed E-state index contributed by atoms with van der Waals surface area (Å²) in [6.07, 6.45) is -0.557. The average Bonchev–Trinajstić information content (AvgIpc) is 2.81. The Balaban J connectivity index is 2.24. The maximum absolute atomic E-state index is 11.9. The quantitative estimate of drug-likeness (QED) is 0.847. The van der Waals surface area contributed by atoms with Gasteiger partial charge in [0.1, 0.15) is 11.4 Å². The third-order valence-electron chi connectivity index (χ3n) is 2.86. The highest BCUT2D eigenvalue weighted by molar-refractivity contribution is 9.10. The molecule has 0 unspecified atom stereocenters. The van der Waals surface area contributed by atoms with Crippen LogP contribution in [0.2, 0.25) is 0 Å². The summed E-state index contributed by atoms with van der Waals surface area (Å²) in [5, 5.41) is 16.3. The minimum absolute atomic E-state index is 0.0789. The highest BCUT2D eigenvalue weighted by atomic mass is 79.9. The Bertz CT molecular complexity index is 675. The van der Waals surface area contributed by atoms with Crippen molar-refractivity contribution in [2.75, 3.05) is 11.9 Å². The molecule has 1 aromatic heterocycles. The van der Waals surface area contributed by atoms with E-state index in [-0.39, 0.29) is 13.2 Å². The highest BCUT2D eigenvalue weighted by Crippen LogP contribution is 2.24. The minimum atomic E-state index is -0.583.